The standard InChI is InChI=1S/C30H30FN5O3/c1-32-26(37)17-19-4-3-5-21(16-19)28(27-24-11-8-22(31)18-25(24)34-29(27)38)33-23-9-6-20(7-10-23)30(39)36-14-12-35(2)13-15-36/h3-11,16,18,33H,12-15,17H2,1-2H3,(H,32,37)(H,34,38)/b28-27-. The van der Waals surface area contributed by atoms with Gasteiger partial charge in [-0.05, 0) is 66.7 Å². The number of halogens is 1. The van der Waals surface area contributed by atoms with Crippen molar-refractivity contribution in [3.8, 4) is 0 Å². The van der Waals surface area contributed by atoms with Crippen LogP contribution in [0.2, 0.25) is 0 Å². The van der Waals surface area contributed by atoms with E-state index in [2.05, 4.69) is 20.9 Å². The van der Waals surface area contributed by atoms with Crippen LogP contribution in [0, 0.1) is 5.82 Å². The van der Waals surface area contributed by atoms with Crippen molar-refractivity contribution in [3.63, 3.8) is 0 Å². The molecule has 0 bridgehead atoms. The molecule has 0 aliphatic carbocycles. The zero-order valence-electron chi connectivity index (χ0n) is 21.9. The van der Waals surface area contributed by atoms with E-state index in [1.165, 1.54) is 12.1 Å². The Labute approximate surface area is 226 Å². The predicted octanol–water partition coefficient (Wildman–Crippen LogP) is 3.43. The molecule has 200 valence electrons. The van der Waals surface area contributed by atoms with Crippen LogP contribution in [0.5, 0.6) is 0 Å². The minimum atomic E-state index is -0.446. The van der Waals surface area contributed by atoms with Gasteiger partial charge in [-0.25, -0.2) is 4.39 Å². The number of fused-ring (bicyclic) bond motifs is 1. The van der Waals surface area contributed by atoms with Crippen LogP contribution in [0.15, 0.2) is 66.7 Å². The Bertz CT molecular complexity index is 1460. The highest BCUT2D eigenvalue weighted by molar-refractivity contribution is 6.37. The Morgan fingerprint density at radius 3 is 2.41 bits per heavy atom. The Balaban J connectivity index is 1.50. The number of hydrogen-bond donors (Lipinski definition) is 3. The van der Waals surface area contributed by atoms with E-state index in [0.717, 1.165) is 18.7 Å². The zero-order valence-corrected chi connectivity index (χ0v) is 21.9. The average molecular weight is 528 g/mol. The summed E-state index contributed by atoms with van der Waals surface area (Å²) in [6.07, 6.45) is 0.185. The van der Waals surface area contributed by atoms with Crippen LogP contribution >= 0.6 is 0 Å². The minimum absolute atomic E-state index is 0.0127. The molecule has 1 saturated heterocycles. The van der Waals surface area contributed by atoms with Crippen molar-refractivity contribution in [3.05, 3.63) is 94.8 Å². The molecule has 9 heteroatoms. The van der Waals surface area contributed by atoms with E-state index >= 15 is 0 Å². The number of hydrogen-bond acceptors (Lipinski definition) is 5. The van der Waals surface area contributed by atoms with E-state index in [4.69, 9.17) is 0 Å². The molecule has 0 unspecified atom stereocenters. The summed E-state index contributed by atoms with van der Waals surface area (Å²) in [5, 5.41) is 8.73. The van der Waals surface area contributed by atoms with Crippen LogP contribution in [0.3, 0.4) is 0 Å². The molecule has 1 fully saturated rings. The summed E-state index contributed by atoms with van der Waals surface area (Å²) in [5.74, 6) is -0.953. The molecule has 3 aromatic carbocycles. The lowest BCUT2D eigenvalue weighted by atomic mass is 9.98. The number of carbonyl (C=O) groups excluding carboxylic acids is 3. The largest absolute Gasteiger partial charge is 0.359 e. The quantitative estimate of drug-likeness (QED) is 0.427. The van der Waals surface area contributed by atoms with Crippen LogP contribution in [0.1, 0.15) is 27.0 Å². The highest BCUT2D eigenvalue weighted by atomic mass is 19.1. The lowest BCUT2D eigenvalue weighted by Gasteiger charge is -2.32. The third-order valence-electron chi connectivity index (χ3n) is 7.03. The highest BCUT2D eigenvalue weighted by Crippen LogP contribution is 2.38. The normalized spacial score (nSPS) is 16.4. The van der Waals surface area contributed by atoms with Crippen molar-refractivity contribution in [2.75, 3.05) is 50.9 Å². The van der Waals surface area contributed by atoms with Crippen molar-refractivity contribution in [1.82, 2.24) is 15.1 Å². The molecule has 2 aliphatic rings. The maximum Gasteiger partial charge on any atom is 0.258 e. The number of piperazine rings is 1. The first kappa shape index (κ1) is 26.1. The second-order valence-corrected chi connectivity index (χ2v) is 9.74. The third-order valence-corrected chi connectivity index (χ3v) is 7.03. The van der Waals surface area contributed by atoms with Crippen LogP contribution in [0.4, 0.5) is 15.8 Å². The van der Waals surface area contributed by atoms with Crippen LogP contribution in [-0.4, -0.2) is 67.8 Å². The van der Waals surface area contributed by atoms with Gasteiger partial charge in [0.15, 0.2) is 0 Å². The molecule has 8 nitrogen and oxygen atoms in total. The summed E-state index contributed by atoms with van der Waals surface area (Å²) in [5.41, 5.74) is 4.56. The van der Waals surface area contributed by atoms with Gasteiger partial charge in [0.2, 0.25) is 5.91 Å². The fourth-order valence-electron chi connectivity index (χ4n) is 4.82. The van der Waals surface area contributed by atoms with E-state index < -0.39 is 5.82 Å². The monoisotopic (exact) mass is 527 g/mol. The predicted molar refractivity (Wildman–Crippen MR) is 150 cm³/mol. The molecule has 3 N–H and O–H groups in total. The van der Waals surface area contributed by atoms with Gasteiger partial charge in [0.25, 0.3) is 11.8 Å². The fourth-order valence-corrected chi connectivity index (χ4v) is 4.82. The first-order valence-corrected chi connectivity index (χ1v) is 12.8. The van der Waals surface area contributed by atoms with Gasteiger partial charge in [0.1, 0.15) is 5.82 Å². The summed E-state index contributed by atoms with van der Waals surface area (Å²) in [6, 6.07) is 18.7. The van der Waals surface area contributed by atoms with E-state index in [1.807, 2.05) is 36.2 Å². The molecule has 3 aromatic rings. The molecule has 5 rings (SSSR count). The first-order chi connectivity index (χ1) is 18.8. The summed E-state index contributed by atoms with van der Waals surface area (Å²) in [4.78, 5) is 42.2. The number of nitrogens with one attached hydrogen (secondary N) is 3. The van der Waals surface area contributed by atoms with Crippen molar-refractivity contribution < 1.29 is 18.8 Å². The smallest absolute Gasteiger partial charge is 0.258 e. The molecule has 3 amide bonds. The number of likely N-dealkylation sites (N-methyl/N-ethyl adjacent to an activating group) is 2. The minimum Gasteiger partial charge on any atom is -0.359 e. The molecular formula is C30H30FN5O3. The Kier molecular flexibility index (Phi) is 7.42. The summed E-state index contributed by atoms with van der Waals surface area (Å²) >= 11 is 0. The maximum atomic E-state index is 13.9. The van der Waals surface area contributed by atoms with Crippen molar-refractivity contribution in [2.45, 2.75) is 6.42 Å². The van der Waals surface area contributed by atoms with Crippen LogP contribution in [0.25, 0.3) is 11.3 Å². The first-order valence-electron chi connectivity index (χ1n) is 12.8. The lowest BCUT2D eigenvalue weighted by Crippen LogP contribution is -2.47. The molecule has 39 heavy (non-hydrogen) atoms. The topological polar surface area (TPSA) is 93.8 Å². The average Bonchev–Trinajstić information content (AvgIpc) is 3.26. The molecule has 0 radical (unpaired) electrons. The number of benzene rings is 3. The van der Waals surface area contributed by atoms with Crippen molar-refractivity contribution in [2.24, 2.45) is 0 Å². The Morgan fingerprint density at radius 2 is 1.69 bits per heavy atom. The Morgan fingerprint density at radius 1 is 0.949 bits per heavy atom. The number of anilines is 2. The van der Waals surface area contributed by atoms with Crippen molar-refractivity contribution >= 4 is 40.4 Å². The van der Waals surface area contributed by atoms with Crippen LogP contribution < -0.4 is 16.0 Å². The van der Waals surface area contributed by atoms with Gasteiger partial charge in [-0.2, -0.15) is 0 Å². The zero-order chi connectivity index (χ0) is 27.5. The lowest BCUT2D eigenvalue weighted by molar-refractivity contribution is -0.120. The highest BCUT2D eigenvalue weighted by Gasteiger charge is 2.29. The molecular weight excluding hydrogens is 497 g/mol. The van der Waals surface area contributed by atoms with E-state index in [-0.39, 0.29) is 24.1 Å². The van der Waals surface area contributed by atoms with E-state index in [9.17, 15) is 18.8 Å². The number of carbonyl (C=O) groups is 3. The Hall–Kier alpha value is -4.50. The van der Waals surface area contributed by atoms with Crippen LogP contribution in [-0.2, 0) is 16.0 Å². The SMILES string of the molecule is CNC(=O)Cc1cccc(/C(Nc2ccc(C(=O)N3CCN(C)CC3)cc2)=C2/C(=O)Nc3cc(F)ccc32)c1. The van der Waals surface area contributed by atoms with Gasteiger partial charge in [0.05, 0.1) is 23.4 Å². The van der Waals surface area contributed by atoms with Gasteiger partial charge >= 0.3 is 0 Å². The van der Waals surface area contributed by atoms with E-state index in [1.54, 1.807) is 37.4 Å². The van der Waals surface area contributed by atoms with Gasteiger partial charge < -0.3 is 25.8 Å². The van der Waals surface area contributed by atoms with Gasteiger partial charge in [0, 0.05) is 50.0 Å². The second kappa shape index (κ2) is 11.1. The number of rotatable bonds is 6. The molecule has 0 aromatic heterocycles. The molecule has 2 aliphatic heterocycles. The molecule has 0 spiro atoms. The van der Waals surface area contributed by atoms with Gasteiger partial charge in [-0.1, -0.05) is 18.2 Å². The third kappa shape index (κ3) is 5.68. The molecule has 0 saturated carbocycles. The fraction of sp³-hybridized carbons (Fsp3) is 0.233. The summed E-state index contributed by atoms with van der Waals surface area (Å²) in [6.45, 7) is 3.06. The molecule has 2 heterocycles. The van der Waals surface area contributed by atoms with Crippen molar-refractivity contribution in [1.29, 1.82) is 0 Å². The summed E-state index contributed by atoms with van der Waals surface area (Å²) in [7, 11) is 3.63. The second-order valence-electron chi connectivity index (χ2n) is 9.74. The molecule has 0 atom stereocenters. The van der Waals surface area contributed by atoms with E-state index in [0.29, 0.717) is 52.4 Å². The number of nitrogens with zero attached hydrogens (tertiary/aromatic N) is 2. The summed E-state index contributed by atoms with van der Waals surface area (Å²) < 4.78 is 13.9. The van der Waals surface area contributed by atoms with Gasteiger partial charge in [-0.3, -0.25) is 14.4 Å². The van der Waals surface area contributed by atoms with Gasteiger partial charge in [-0.15, -0.1) is 0 Å². The number of amides is 3. The maximum absolute atomic E-state index is 13.9.